The third-order valence-electron chi connectivity index (χ3n) is 2.17. The van der Waals surface area contributed by atoms with Crippen LogP contribution in [0.3, 0.4) is 0 Å². The maximum Gasteiger partial charge on any atom is 0.229 e. The molecule has 0 saturated carbocycles. The van der Waals surface area contributed by atoms with Crippen LogP contribution in [-0.4, -0.2) is 40.8 Å². The van der Waals surface area contributed by atoms with Gasteiger partial charge in [0.25, 0.3) is 0 Å². The molecule has 0 bridgehead atoms. The van der Waals surface area contributed by atoms with Gasteiger partial charge in [0.1, 0.15) is 5.82 Å². The molecule has 0 radical (unpaired) electrons. The van der Waals surface area contributed by atoms with Crippen LogP contribution in [-0.2, 0) is 5.75 Å². The number of nitrogens with zero attached hydrogens (tertiary/aromatic N) is 4. The normalized spacial score (nSPS) is 12.5. The molecule has 1 rings (SSSR count). The van der Waals surface area contributed by atoms with E-state index in [-0.39, 0.29) is 12.0 Å². The summed E-state index contributed by atoms with van der Waals surface area (Å²) in [6.45, 7) is 2.08. The van der Waals surface area contributed by atoms with Gasteiger partial charge in [-0.3, -0.25) is 0 Å². The summed E-state index contributed by atoms with van der Waals surface area (Å²) in [6, 6.07) is 0.229. The fourth-order valence-corrected chi connectivity index (χ4v) is 2.08. The van der Waals surface area contributed by atoms with Crippen molar-refractivity contribution >= 4 is 23.7 Å². The number of hydrogen-bond donors (Lipinski definition) is 2. The average Bonchev–Trinajstić information content (AvgIpc) is 2.28. The minimum absolute atomic E-state index is 0.229. The van der Waals surface area contributed by atoms with Crippen LogP contribution in [0.4, 0.5) is 11.9 Å². The number of thioether (sulfide) groups is 1. The molecule has 1 unspecified atom stereocenters. The minimum Gasteiger partial charge on any atom is -0.368 e. The van der Waals surface area contributed by atoms with E-state index in [1.54, 1.807) is 11.8 Å². The fraction of sp³-hybridized carbons (Fsp3) is 0.700. The summed E-state index contributed by atoms with van der Waals surface area (Å²) in [7, 11) is 3.75. The molecule has 0 fully saturated rings. The smallest absolute Gasteiger partial charge is 0.229 e. The number of nitrogens with two attached hydrogens (primary N) is 2. The van der Waals surface area contributed by atoms with Crippen molar-refractivity contribution in [1.82, 2.24) is 15.0 Å². The van der Waals surface area contributed by atoms with E-state index in [0.29, 0.717) is 17.5 Å². The van der Waals surface area contributed by atoms with Crippen LogP contribution in [0, 0.1) is 0 Å². The first-order chi connectivity index (χ1) is 8.02. The zero-order valence-corrected chi connectivity index (χ0v) is 11.4. The number of aromatic nitrogens is 3. The first kappa shape index (κ1) is 14.0. The van der Waals surface area contributed by atoms with Crippen LogP contribution < -0.4 is 16.4 Å². The van der Waals surface area contributed by atoms with E-state index in [2.05, 4.69) is 21.9 Å². The van der Waals surface area contributed by atoms with Gasteiger partial charge in [-0.15, -0.1) is 0 Å². The van der Waals surface area contributed by atoms with Gasteiger partial charge in [-0.1, -0.05) is 6.92 Å². The Morgan fingerprint density at radius 1 is 1.29 bits per heavy atom. The van der Waals surface area contributed by atoms with Gasteiger partial charge in [0.2, 0.25) is 11.9 Å². The number of rotatable bonds is 6. The Balaban J connectivity index is 2.59. The van der Waals surface area contributed by atoms with Gasteiger partial charge in [0, 0.05) is 25.9 Å². The molecule has 1 atom stereocenters. The Labute approximate surface area is 106 Å². The van der Waals surface area contributed by atoms with Crippen molar-refractivity contribution in [3.8, 4) is 0 Å². The second kappa shape index (κ2) is 6.61. The first-order valence-corrected chi connectivity index (χ1v) is 6.69. The van der Waals surface area contributed by atoms with Crippen LogP contribution in [0.2, 0.25) is 0 Å². The maximum atomic E-state index is 5.84. The molecule has 0 aliphatic rings. The summed E-state index contributed by atoms with van der Waals surface area (Å²) in [5.74, 6) is 3.17. The summed E-state index contributed by atoms with van der Waals surface area (Å²) < 4.78 is 0. The molecule has 96 valence electrons. The van der Waals surface area contributed by atoms with Gasteiger partial charge in [-0.25, -0.2) is 0 Å². The van der Waals surface area contributed by atoms with Crippen molar-refractivity contribution in [2.45, 2.75) is 25.1 Å². The monoisotopic (exact) mass is 256 g/mol. The highest BCUT2D eigenvalue weighted by atomic mass is 32.2. The van der Waals surface area contributed by atoms with Gasteiger partial charge >= 0.3 is 0 Å². The topological polar surface area (TPSA) is 93.9 Å². The lowest BCUT2D eigenvalue weighted by atomic mass is 10.3. The molecule has 1 heterocycles. The molecule has 0 aromatic carbocycles. The lowest BCUT2D eigenvalue weighted by molar-refractivity contribution is 0.724. The molecule has 0 amide bonds. The Hall–Kier alpha value is -1.08. The van der Waals surface area contributed by atoms with Crippen LogP contribution in [0.15, 0.2) is 0 Å². The molecule has 1 aromatic heterocycles. The summed E-state index contributed by atoms with van der Waals surface area (Å²) in [4.78, 5) is 14.3. The molecule has 17 heavy (non-hydrogen) atoms. The van der Waals surface area contributed by atoms with E-state index < -0.39 is 0 Å². The summed E-state index contributed by atoms with van der Waals surface area (Å²) in [5, 5.41) is 0. The predicted molar refractivity (Wildman–Crippen MR) is 73.0 cm³/mol. The highest BCUT2D eigenvalue weighted by Gasteiger charge is 2.07. The van der Waals surface area contributed by atoms with Crippen molar-refractivity contribution in [1.29, 1.82) is 0 Å². The van der Waals surface area contributed by atoms with Crippen molar-refractivity contribution < 1.29 is 0 Å². The average molecular weight is 256 g/mol. The van der Waals surface area contributed by atoms with Crippen molar-refractivity contribution in [3.05, 3.63) is 5.82 Å². The minimum atomic E-state index is 0.229. The molecule has 0 aliphatic heterocycles. The Morgan fingerprint density at radius 3 is 2.59 bits per heavy atom. The number of nitrogen functional groups attached to an aromatic ring is 1. The third-order valence-corrected chi connectivity index (χ3v) is 3.30. The molecule has 0 aliphatic carbocycles. The third kappa shape index (κ3) is 4.74. The highest BCUT2D eigenvalue weighted by molar-refractivity contribution is 7.98. The summed E-state index contributed by atoms with van der Waals surface area (Å²) in [5.41, 5.74) is 11.5. The van der Waals surface area contributed by atoms with E-state index in [9.17, 15) is 0 Å². The van der Waals surface area contributed by atoms with Crippen molar-refractivity contribution in [2.75, 3.05) is 30.5 Å². The number of anilines is 2. The Bertz CT molecular complexity index is 357. The lowest BCUT2D eigenvalue weighted by Gasteiger charge is -2.12. The zero-order chi connectivity index (χ0) is 12.8. The molecule has 6 nitrogen and oxygen atoms in total. The Morgan fingerprint density at radius 2 is 2.00 bits per heavy atom. The molecule has 1 aromatic rings. The largest absolute Gasteiger partial charge is 0.368 e. The quantitative estimate of drug-likeness (QED) is 0.765. The van der Waals surface area contributed by atoms with E-state index in [1.807, 2.05) is 19.0 Å². The molecular weight excluding hydrogens is 236 g/mol. The fourth-order valence-electron chi connectivity index (χ4n) is 1.11. The molecule has 0 spiro atoms. The van der Waals surface area contributed by atoms with E-state index in [4.69, 9.17) is 11.5 Å². The molecule has 7 heteroatoms. The maximum absolute atomic E-state index is 5.84. The highest BCUT2D eigenvalue weighted by Crippen LogP contribution is 2.13. The molecule has 4 N–H and O–H groups in total. The van der Waals surface area contributed by atoms with Crippen molar-refractivity contribution in [2.24, 2.45) is 5.73 Å². The van der Waals surface area contributed by atoms with Crippen LogP contribution in [0.1, 0.15) is 19.2 Å². The molecular formula is C10H20N6S. The summed E-state index contributed by atoms with van der Waals surface area (Å²) in [6.07, 6.45) is 0.981. The van der Waals surface area contributed by atoms with Crippen LogP contribution in [0.25, 0.3) is 0 Å². The predicted octanol–water partition coefficient (Wildman–Crippen LogP) is 0.490. The van der Waals surface area contributed by atoms with Crippen LogP contribution >= 0.6 is 11.8 Å². The van der Waals surface area contributed by atoms with E-state index in [0.717, 1.165) is 12.2 Å². The SMILES string of the molecule is CCC(N)CSCc1nc(N)nc(N(C)C)n1. The first-order valence-electron chi connectivity index (χ1n) is 5.54. The molecule has 0 saturated heterocycles. The Kier molecular flexibility index (Phi) is 5.43. The van der Waals surface area contributed by atoms with Crippen molar-refractivity contribution in [3.63, 3.8) is 0 Å². The van der Waals surface area contributed by atoms with Gasteiger partial charge < -0.3 is 16.4 Å². The van der Waals surface area contributed by atoms with Gasteiger partial charge in [0.05, 0.1) is 5.75 Å². The number of hydrogen-bond acceptors (Lipinski definition) is 7. The summed E-state index contributed by atoms with van der Waals surface area (Å²) >= 11 is 1.72. The van der Waals surface area contributed by atoms with Crippen LogP contribution in [0.5, 0.6) is 0 Å². The van der Waals surface area contributed by atoms with Gasteiger partial charge in [-0.2, -0.15) is 26.7 Å². The second-order valence-electron chi connectivity index (χ2n) is 3.99. The van der Waals surface area contributed by atoms with Gasteiger partial charge in [0.15, 0.2) is 0 Å². The standard InChI is InChI=1S/C10H20N6S/c1-4-7(11)5-17-6-8-13-9(12)15-10(14-8)16(2)3/h7H,4-6,11H2,1-3H3,(H2,12,13,14,15). The van der Waals surface area contributed by atoms with E-state index >= 15 is 0 Å². The zero-order valence-electron chi connectivity index (χ0n) is 10.6. The second-order valence-corrected chi connectivity index (χ2v) is 5.02. The lowest BCUT2D eigenvalue weighted by Crippen LogP contribution is -2.21. The van der Waals surface area contributed by atoms with Gasteiger partial charge in [-0.05, 0) is 6.42 Å². The van der Waals surface area contributed by atoms with E-state index in [1.165, 1.54) is 0 Å².